The summed E-state index contributed by atoms with van der Waals surface area (Å²) in [5.74, 6) is -3.57. The third-order valence-electron chi connectivity index (χ3n) is 6.69. The number of H-pyrrole nitrogens is 1. The number of amides is 4. The van der Waals surface area contributed by atoms with Gasteiger partial charge in [-0.05, 0) is 25.1 Å². The lowest BCUT2D eigenvalue weighted by atomic mass is 10.1. The van der Waals surface area contributed by atoms with Crippen molar-refractivity contribution in [2.75, 3.05) is 32.0 Å². The number of carbonyl (C=O) groups is 5. The minimum Gasteiger partial charge on any atom is -0.380 e. The standard InChI is InChI=1S/C27H29N5O7/c1-15-14-31(26(38)16-7-4-3-5-8-16)11-12-32(15)27(39)21(33)18-13-29-20-17(18)9-6-10-19(20)30-25(37)23(35)22(34)24(36)28-2/h3-10,13,15,22-23,29,34-35H,11-12,14H2,1-2H3,(H,28,36)(H,30,37). The van der Waals surface area contributed by atoms with Crippen LogP contribution in [0.5, 0.6) is 0 Å². The first kappa shape index (κ1) is 27.5. The van der Waals surface area contributed by atoms with E-state index in [0.29, 0.717) is 16.5 Å². The van der Waals surface area contributed by atoms with Gasteiger partial charge >= 0.3 is 0 Å². The van der Waals surface area contributed by atoms with E-state index >= 15 is 0 Å². The van der Waals surface area contributed by atoms with Crippen molar-refractivity contribution in [3.63, 3.8) is 0 Å². The van der Waals surface area contributed by atoms with E-state index in [2.05, 4.69) is 15.6 Å². The molecule has 1 fully saturated rings. The van der Waals surface area contributed by atoms with Crippen LogP contribution in [0.2, 0.25) is 0 Å². The molecule has 1 aromatic heterocycles. The van der Waals surface area contributed by atoms with Crippen LogP contribution in [0.1, 0.15) is 27.6 Å². The first-order chi connectivity index (χ1) is 18.6. The van der Waals surface area contributed by atoms with Gasteiger partial charge in [0.25, 0.3) is 29.4 Å². The van der Waals surface area contributed by atoms with Gasteiger partial charge < -0.3 is 35.6 Å². The molecule has 2 heterocycles. The molecular formula is C27H29N5O7. The van der Waals surface area contributed by atoms with Crippen molar-refractivity contribution in [2.24, 2.45) is 0 Å². The Morgan fingerprint density at radius 1 is 0.949 bits per heavy atom. The second-order valence-corrected chi connectivity index (χ2v) is 9.22. The molecule has 0 saturated carbocycles. The van der Waals surface area contributed by atoms with Crippen LogP contribution < -0.4 is 10.6 Å². The molecule has 4 amide bonds. The maximum absolute atomic E-state index is 13.2. The summed E-state index contributed by atoms with van der Waals surface area (Å²) < 4.78 is 0. The van der Waals surface area contributed by atoms with Gasteiger partial charge in [0, 0.05) is 49.9 Å². The number of aromatic amines is 1. The number of benzene rings is 2. The fraction of sp³-hybridized carbons (Fsp3) is 0.296. The van der Waals surface area contributed by atoms with Crippen molar-refractivity contribution in [3.8, 4) is 0 Å². The quantitative estimate of drug-likeness (QED) is 0.211. The van der Waals surface area contributed by atoms with Crippen molar-refractivity contribution >= 4 is 46.0 Å². The molecule has 5 N–H and O–H groups in total. The number of piperazine rings is 1. The zero-order chi connectivity index (χ0) is 28.3. The minimum atomic E-state index is -2.04. The van der Waals surface area contributed by atoms with Crippen LogP contribution in [0.15, 0.2) is 54.7 Å². The Bertz CT molecular complexity index is 1420. The number of nitrogens with one attached hydrogen (secondary N) is 3. The van der Waals surface area contributed by atoms with Crippen LogP contribution >= 0.6 is 0 Å². The molecule has 0 spiro atoms. The van der Waals surface area contributed by atoms with E-state index in [1.807, 2.05) is 6.07 Å². The number of aromatic nitrogens is 1. The molecule has 0 radical (unpaired) electrons. The molecule has 204 valence electrons. The number of aliphatic hydroxyl groups excluding tert-OH is 2. The molecule has 1 aliphatic heterocycles. The summed E-state index contributed by atoms with van der Waals surface area (Å²) in [5, 5.41) is 24.7. The molecule has 4 rings (SSSR count). The highest BCUT2D eigenvalue weighted by Crippen LogP contribution is 2.27. The monoisotopic (exact) mass is 535 g/mol. The van der Waals surface area contributed by atoms with E-state index in [1.54, 1.807) is 48.2 Å². The number of fused-ring (bicyclic) bond motifs is 1. The molecule has 12 heteroatoms. The normalized spacial score (nSPS) is 16.9. The molecule has 1 aliphatic rings. The number of para-hydroxylation sites is 1. The Hall–Kier alpha value is -4.55. The number of hydrogen-bond donors (Lipinski definition) is 5. The average Bonchev–Trinajstić information content (AvgIpc) is 3.40. The molecule has 0 aliphatic carbocycles. The number of carbonyl (C=O) groups excluding carboxylic acids is 5. The second-order valence-electron chi connectivity index (χ2n) is 9.22. The number of aliphatic hydroxyl groups is 2. The fourth-order valence-corrected chi connectivity index (χ4v) is 4.54. The number of ketones is 1. The zero-order valence-electron chi connectivity index (χ0n) is 21.4. The van der Waals surface area contributed by atoms with Gasteiger partial charge in [-0.1, -0.05) is 30.3 Å². The second kappa shape index (κ2) is 11.5. The van der Waals surface area contributed by atoms with Gasteiger partial charge in [-0.3, -0.25) is 24.0 Å². The Kier molecular flexibility index (Phi) is 8.07. The summed E-state index contributed by atoms with van der Waals surface area (Å²) in [6, 6.07) is 13.1. The zero-order valence-corrected chi connectivity index (χ0v) is 21.4. The number of rotatable bonds is 7. The number of nitrogens with zero attached hydrogens (tertiary/aromatic N) is 2. The van der Waals surface area contributed by atoms with Gasteiger partial charge in [-0.2, -0.15) is 0 Å². The predicted molar refractivity (Wildman–Crippen MR) is 141 cm³/mol. The third-order valence-corrected chi connectivity index (χ3v) is 6.69. The lowest BCUT2D eigenvalue weighted by Crippen LogP contribution is -2.56. The summed E-state index contributed by atoms with van der Waals surface area (Å²) in [6.07, 6.45) is -2.65. The first-order valence-corrected chi connectivity index (χ1v) is 12.3. The molecule has 1 saturated heterocycles. The lowest BCUT2D eigenvalue weighted by Gasteiger charge is -2.39. The van der Waals surface area contributed by atoms with Crippen LogP contribution in [0.25, 0.3) is 10.9 Å². The van der Waals surface area contributed by atoms with E-state index in [0.717, 1.165) is 0 Å². The summed E-state index contributed by atoms with van der Waals surface area (Å²) in [7, 11) is 1.25. The van der Waals surface area contributed by atoms with E-state index in [-0.39, 0.29) is 36.8 Å². The molecular weight excluding hydrogens is 506 g/mol. The summed E-state index contributed by atoms with van der Waals surface area (Å²) in [5.41, 5.74) is 1.13. The number of Topliss-reactive ketones (excluding diaryl/α,β-unsaturated/α-hetero) is 1. The van der Waals surface area contributed by atoms with Crippen molar-refractivity contribution in [3.05, 3.63) is 65.9 Å². The van der Waals surface area contributed by atoms with Crippen LogP contribution in [-0.4, -0.2) is 99.3 Å². The van der Waals surface area contributed by atoms with E-state index in [4.69, 9.17) is 0 Å². The molecule has 0 bridgehead atoms. The largest absolute Gasteiger partial charge is 0.380 e. The number of likely N-dealkylation sites (N-methyl/N-ethyl adjacent to an activating group) is 1. The highest BCUT2D eigenvalue weighted by atomic mass is 16.3. The van der Waals surface area contributed by atoms with Crippen LogP contribution in [-0.2, 0) is 14.4 Å². The topological polar surface area (TPSA) is 172 Å². The van der Waals surface area contributed by atoms with E-state index in [1.165, 1.54) is 24.2 Å². The molecule has 2 aromatic carbocycles. The summed E-state index contributed by atoms with van der Waals surface area (Å²) >= 11 is 0. The Labute approximate surface area is 223 Å². The first-order valence-electron chi connectivity index (χ1n) is 12.3. The van der Waals surface area contributed by atoms with Crippen molar-refractivity contribution in [1.82, 2.24) is 20.1 Å². The average molecular weight is 536 g/mol. The Balaban J connectivity index is 1.47. The van der Waals surface area contributed by atoms with Gasteiger partial charge in [0.2, 0.25) is 0 Å². The molecule has 12 nitrogen and oxygen atoms in total. The van der Waals surface area contributed by atoms with E-state index in [9.17, 15) is 34.2 Å². The highest BCUT2D eigenvalue weighted by Gasteiger charge is 2.35. The fourth-order valence-electron chi connectivity index (χ4n) is 4.54. The predicted octanol–water partition coefficient (Wildman–Crippen LogP) is 0.130. The Morgan fingerprint density at radius 3 is 2.31 bits per heavy atom. The Morgan fingerprint density at radius 2 is 1.64 bits per heavy atom. The molecule has 39 heavy (non-hydrogen) atoms. The lowest BCUT2D eigenvalue weighted by molar-refractivity contribution is -0.142. The van der Waals surface area contributed by atoms with E-state index < -0.39 is 41.8 Å². The maximum atomic E-state index is 13.2. The van der Waals surface area contributed by atoms with Crippen molar-refractivity contribution in [1.29, 1.82) is 0 Å². The van der Waals surface area contributed by atoms with Gasteiger partial charge in [0.1, 0.15) is 0 Å². The third kappa shape index (κ3) is 5.52. The maximum Gasteiger partial charge on any atom is 0.295 e. The van der Waals surface area contributed by atoms with Gasteiger partial charge in [0.15, 0.2) is 12.2 Å². The SMILES string of the molecule is CNC(=O)C(O)C(O)C(=O)Nc1cccc2c(C(=O)C(=O)N3CCN(C(=O)c4ccccc4)CC3C)c[nH]c12. The van der Waals surface area contributed by atoms with Gasteiger partial charge in [0.05, 0.1) is 16.8 Å². The summed E-state index contributed by atoms with van der Waals surface area (Å²) in [4.78, 5) is 69.2. The van der Waals surface area contributed by atoms with Crippen LogP contribution in [0.3, 0.4) is 0 Å². The molecule has 3 atom stereocenters. The number of anilines is 1. The van der Waals surface area contributed by atoms with Crippen molar-refractivity contribution < 1.29 is 34.2 Å². The van der Waals surface area contributed by atoms with Gasteiger partial charge in [-0.25, -0.2) is 0 Å². The highest BCUT2D eigenvalue weighted by molar-refractivity contribution is 6.45. The number of hydrogen-bond acceptors (Lipinski definition) is 7. The minimum absolute atomic E-state index is 0.0898. The molecule has 3 unspecified atom stereocenters. The van der Waals surface area contributed by atoms with Crippen molar-refractivity contribution in [2.45, 2.75) is 25.2 Å². The van der Waals surface area contributed by atoms with Crippen LogP contribution in [0.4, 0.5) is 5.69 Å². The molecule has 3 aromatic rings. The smallest absolute Gasteiger partial charge is 0.295 e. The van der Waals surface area contributed by atoms with Gasteiger partial charge in [-0.15, -0.1) is 0 Å². The van der Waals surface area contributed by atoms with Crippen LogP contribution in [0, 0.1) is 0 Å². The summed E-state index contributed by atoms with van der Waals surface area (Å²) in [6.45, 7) is 2.53.